The van der Waals surface area contributed by atoms with Crippen LogP contribution >= 0.6 is 0 Å². The van der Waals surface area contributed by atoms with Crippen molar-refractivity contribution < 1.29 is 28.2 Å². The van der Waals surface area contributed by atoms with Crippen molar-refractivity contribution in [2.24, 2.45) is 10.9 Å². The van der Waals surface area contributed by atoms with Gasteiger partial charge in [-0.3, -0.25) is 4.79 Å². The zero-order valence-electron chi connectivity index (χ0n) is 16.3. The Balaban J connectivity index is 1.88. The summed E-state index contributed by atoms with van der Waals surface area (Å²) in [5, 5.41) is 0. The van der Waals surface area contributed by atoms with E-state index in [1.165, 1.54) is 30.3 Å². The molecule has 2 aromatic carbocycles. The van der Waals surface area contributed by atoms with Crippen LogP contribution in [0.15, 0.2) is 53.2 Å². The van der Waals surface area contributed by atoms with E-state index in [2.05, 4.69) is 4.99 Å². The van der Waals surface area contributed by atoms with Gasteiger partial charge in [0.1, 0.15) is 5.82 Å². The SMILES string of the molecule is CCOc1cc(C=C2N=C(c3ccc(F)cc3)OC2=O)ccc1OC(=O)C(C)C. The number of esters is 2. The molecule has 0 N–H and O–H groups in total. The van der Waals surface area contributed by atoms with Crippen molar-refractivity contribution in [1.82, 2.24) is 0 Å². The first-order valence-corrected chi connectivity index (χ1v) is 9.14. The van der Waals surface area contributed by atoms with E-state index in [0.717, 1.165) is 0 Å². The average Bonchev–Trinajstić information content (AvgIpc) is 3.05. The normalized spacial score (nSPS) is 14.7. The number of carbonyl (C=O) groups excluding carboxylic acids is 2. The maximum absolute atomic E-state index is 13.1. The number of aliphatic imine (C=N–C) groups is 1. The molecule has 6 nitrogen and oxygen atoms in total. The van der Waals surface area contributed by atoms with E-state index in [0.29, 0.717) is 29.2 Å². The minimum Gasteiger partial charge on any atom is -0.490 e. The van der Waals surface area contributed by atoms with Gasteiger partial charge in [-0.1, -0.05) is 19.9 Å². The van der Waals surface area contributed by atoms with Crippen LogP contribution in [0, 0.1) is 11.7 Å². The van der Waals surface area contributed by atoms with E-state index in [1.54, 1.807) is 32.0 Å². The van der Waals surface area contributed by atoms with E-state index >= 15 is 0 Å². The molecule has 0 amide bonds. The van der Waals surface area contributed by atoms with Crippen LogP contribution in [0.4, 0.5) is 4.39 Å². The summed E-state index contributed by atoms with van der Waals surface area (Å²) in [6.45, 7) is 5.67. The highest BCUT2D eigenvalue weighted by Gasteiger charge is 2.24. The number of benzene rings is 2. The quantitative estimate of drug-likeness (QED) is 0.416. The molecular weight excluding hydrogens is 377 g/mol. The molecule has 3 rings (SSSR count). The summed E-state index contributed by atoms with van der Waals surface area (Å²) in [5.74, 6) is -0.867. The molecular formula is C22H20FNO5. The van der Waals surface area contributed by atoms with Crippen LogP contribution in [0.5, 0.6) is 11.5 Å². The fraction of sp³-hybridized carbons (Fsp3) is 0.227. The molecule has 0 saturated carbocycles. The number of ether oxygens (including phenoxy) is 3. The third-order valence-corrected chi connectivity index (χ3v) is 3.96. The minimum atomic E-state index is -0.613. The molecule has 0 aliphatic carbocycles. The summed E-state index contributed by atoms with van der Waals surface area (Å²) in [7, 11) is 0. The van der Waals surface area contributed by atoms with Crippen molar-refractivity contribution in [1.29, 1.82) is 0 Å². The highest BCUT2D eigenvalue weighted by molar-refractivity contribution is 6.12. The monoisotopic (exact) mass is 397 g/mol. The number of rotatable bonds is 6. The van der Waals surface area contributed by atoms with Crippen LogP contribution in [-0.2, 0) is 14.3 Å². The van der Waals surface area contributed by atoms with E-state index in [1.807, 2.05) is 6.92 Å². The van der Waals surface area contributed by atoms with E-state index < -0.39 is 11.8 Å². The molecule has 1 aliphatic rings. The predicted molar refractivity (Wildman–Crippen MR) is 105 cm³/mol. The van der Waals surface area contributed by atoms with Gasteiger partial charge in [0.15, 0.2) is 17.2 Å². The molecule has 0 fully saturated rings. The zero-order chi connectivity index (χ0) is 21.0. The largest absolute Gasteiger partial charge is 0.490 e. The first-order chi connectivity index (χ1) is 13.9. The molecule has 0 bridgehead atoms. The summed E-state index contributed by atoms with van der Waals surface area (Å²) in [6.07, 6.45) is 1.54. The van der Waals surface area contributed by atoms with Crippen molar-refractivity contribution in [3.63, 3.8) is 0 Å². The number of hydrogen-bond donors (Lipinski definition) is 0. The molecule has 0 radical (unpaired) electrons. The van der Waals surface area contributed by atoms with Crippen LogP contribution in [0.3, 0.4) is 0 Å². The first kappa shape index (κ1) is 20.3. The van der Waals surface area contributed by atoms with Crippen molar-refractivity contribution in [2.45, 2.75) is 20.8 Å². The van der Waals surface area contributed by atoms with Gasteiger partial charge in [0.05, 0.1) is 12.5 Å². The van der Waals surface area contributed by atoms with Gasteiger partial charge in [-0.2, -0.15) is 0 Å². The van der Waals surface area contributed by atoms with E-state index in [-0.39, 0.29) is 23.5 Å². The van der Waals surface area contributed by atoms with Crippen LogP contribution in [-0.4, -0.2) is 24.4 Å². The second kappa shape index (κ2) is 8.68. The van der Waals surface area contributed by atoms with Crippen molar-refractivity contribution >= 4 is 23.9 Å². The van der Waals surface area contributed by atoms with Gasteiger partial charge >= 0.3 is 11.9 Å². The smallest absolute Gasteiger partial charge is 0.363 e. The van der Waals surface area contributed by atoms with Crippen LogP contribution in [0.2, 0.25) is 0 Å². The van der Waals surface area contributed by atoms with Crippen LogP contribution < -0.4 is 9.47 Å². The van der Waals surface area contributed by atoms with Gasteiger partial charge in [0, 0.05) is 5.56 Å². The van der Waals surface area contributed by atoms with Crippen molar-refractivity contribution in [3.8, 4) is 11.5 Å². The average molecular weight is 397 g/mol. The van der Waals surface area contributed by atoms with Gasteiger partial charge in [-0.05, 0) is 55.0 Å². The minimum absolute atomic E-state index is 0.0960. The molecule has 0 unspecified atom stereocenters. The molecule has 150 valence electrons. The van der Waals surface area contributed by atoms with Gasteiger partial charge < -0.3 is 14.2 Å². The summed E-state index contributed by atoms with van der Waals surface area (Å²) >= 11 is 0. The summed E-state index contributed by atoms with van der Waals surface area (Å²) < 4.78 is 29.2. The summed E-state index contributed by atoms with van der Waals surface area (Å²) in [4.78, 5) is 28.2. The lowest BCUT2D eigenvalue weighted by molar-refractivity contribution is -0.138. The second-order valence-corrected chi connectivity index (χ2v) is 6.56. The molecule has 0 spiro atoms. The van der Waals surface area contributed by atoms with Gasteiger partial charge in [-0.25, -0.2) is 14.2 Å². The number of halogens is 1. The standard InChI is InChI=1S/C22H20FNO5/c1-4-27-19-12-14(5-10-18(19)28-21(25)13(2)3)11-17-22(26)29-20(24-17)15-6-8-16(23)9-7-15/h5-13H,4H2,1-3H3. The lowest BCUT2D eigenvalue weighted by atomic mass is 10.1. The second-order valence-electron chi connectivity index (χ2n) is 6.56. The number of nitrogens with zero attached hydrogens (tertiary/aromatic N) is 1. The van der Waals surface area contributed by atoms with Crippen molar-refractivity contribution in [2.75, 3.05) is 6.61 Å². The topological polar surface area (TPSA) is 74.2 Å². The first-order valence-electron chi connectivity index (χ1n) is 9.14. The van der Waals surface area contributed by atoms with Gasteiger partial charge in [0.25, 0.3) is 0 Å². The molecule has 0 aromatic heterocycles. The Morgan fingerprint density at radius 1 is 1.17 bits per heavy atom. The number of carbonyl (C=O) groups is 2. The van der Waals surface area contributed by atoms with Gasteiger partial charge in [-0.15, -0.1) is 0 Å². The molecule has 1 heterocycles. The van der Waals surface area contributed by atoms with Gasteiger partial charge in [0.2, 0.25) is 5.90 Å². The maximum Gasteiger partial charge on any atom is 0.363 e. The lowest BCUT2D eigenvalue weighted by Gasteiger charge is -2.12. The Morgan fingerprint density at radius 2 is 1.90 bits per heavy atom. The van der Waals surface area contributed by atoms with Crippen LogP contribution in [0.1, 0.15) is 31.9 Å². The molecule has 0 saturated heterocycles. The third-order valence-electron chi connectivity index (χ3n) is 3.96. The fourth-order valence-corrected chi connectivity index (χ4v) is 2.48. The fourth-order valence-electron chi connectivity index (χ4n) is 2.48. The summed E-state index contributed by atoms with van der Waals surface area (Å²) in [5.41, 5.74) is 1.21. The molecule has 2 aromatic rings. The Kier molecular flexibility index (Phi) is 6.07. The number of cyclic esters (lactones) is 1. The van der Waals surface area contributed by atoms with Crippen molar-refractivity contribution in [3.05, 3.63) is 65.1 Å². The molecule has 0 atom stereocenters. The lowest BCUT2D eigenvalue weighted by Crippen LogP contribution is -2.15. The molecule has 7 heteroatoms. The number of hydrogen-bond acceptors (Lipinski definition) is 6. The third kappa shape index (κ3) is 4.87. The summed E-state index contributed by atoms with van der Waals surface area (Å²) in [6, 6.07) is 10.4. The van der Waals surface area contributed by atoms with E-state index in [4.69, 9.17) is 14.2 Å². The highest BCUT2D eigenvalue weighted by Crippen LogP contribution is 2.31. The van der Waals surface area contributed by atoms with E-state index in [9.17, 15) is 14.0 Å². The highest BCUT2D eigenvalue weighted by atomic mass is 19.1. The Hall–Kier alpha value is -3.48. The predicted octanol–water partition coefficient (Wildman–Crippen LogP) is 4.13. The molecule has 29 heavy (non-hydrogen) atoms. The maximum atomic E-state index is 13.1. The Bertz CT molecular complexity index is 993. The Labute approximate surface area is 167 Å². The molecule has 1 aliphatic heterocycles. The van der Waals surface area contributed by atoms with Crippen LogP contribution in [0.25, 0.3) is 6.08 Å². The Morgan fingerprint density at radius 3 is 2.55 bits per heavy atom. The zero-order valence-corrected chi connectivity index (χ0v) is 16.3.